The fourth-order valence-electron chi connectivity index (χ4n) is 2.90. The molecule has 0 aromatic heterocycles. The van der Waals surface area contributed by atoms with E-state index >= 15 is 0 Å². The van der Waals surface area contributed by atoms with Crippen LogP contribution in [0.1, 0.15) is 23.2 Å². The van der Waals surface area contributed by atoms with Crippen LogP contribution in [-0.2, 0) is 19.6 Å². The molecule has 0 unspecified atom stereocenters. The van der Waals surface area contributed by atoms with Crippen molar-refractivity contribution in [2.45, 2.75) is 17.7 Å². The normalized spacial score (nSPS) is 14.5. The van der Waals surface area contributed by atoms with Gasteiger partial charge in [-0.25, -0.2) is 22.0 Å². The summed E-state index contributed by atoms with van der Waals surface area (Å²) in [6.45, 7) is -0.0549. The molecule has 2 N–H and O–H groups in total. The van der Waals surface area contributed by atoms with Crippen molar-refractivity contribution < 1.29 is 36.6 Å². The fourth-order valence-corrected chi connectivity index (χ4v) is 4.44. The minimum absolute atomic E-state index is 0.0449. The highest BCUT2D eigenvalue weighted by molar-refractivity contribution is 7.89. The number of esters is 1. The number of ether oxygens (including phenoxy) is 1. The molecule has 1 heterocycles. The third kappa shape index (κ3) is 4.74. The zero-order chi connectivity index (χ0) is 21.9. The lowest BCUT2D eigenvalue weighted by atomic mass is 10.2. The smallest absolute Gasteiger partial charge is 0.342 e. The summed E-state index contributed by atoms with van der Waals surface area (Å²) in [5.41, 5.74) is -0.465. The van der Waals surface area contributed by atoms with Crippen LogP contribution in [0.4, 0.5) is 14.5 Å². The molecule has 160 valence electrons. The van der Waals surface area contributed by atoms with Crippen molar-refractivity contribution in [1.29, 1.82) is 0 Å². The number of anilines is 1. The predicted molar refractivity (Wildman–Crippen MR) is 101 cm³/mol. The van der Waals surface area contributed by atoms with Crippen molar-refractivity contribution in [1.82, 2.24) is 4.31 Å². The van der Waals surface area contributed by atoms with E-state index in [1.54, 1.807) is 0 Å². The number of halogens is 2. The number of nitrogens with one attached hydrogen (secondary N) is 1. The van der Waals surface area contributed by atoms with E-state index in [1.807, 2.05) is 0 Å². The molecule has 1 aliphatic heterocycles. The molecule has 1 fully saturated rings. The number of phenolic OH excluding ortho intramolecular Hbond substituents is 1. The number of benzene rings is 2. The van der Waals surface area contributed by atoms with Gasteiger partial charge in [0.1, 0.15) is 11.3 Å². The molecule has 0 saturated carbocycles. The molecule has 2 aromatic rings. The van der Waals surface area contributed by atoms with E-state index in [-0.39, 0.29) is 10.6 Å². The Balaban J connectivity index is 1.67. The van der Waals surface area contributed by atoms with Crippen molar-refractivity contribution in [3.05, 3.63) is 53.6 Å². The number of carbonyl (C=O) groups is 2. The molecule has 0 bridgehead atoms. The number of amides is 1. The van der Waals surface area contributed by atoms with Gasteiger partial charge in [-0.1, -0.05) is 0 Å². The van der Waals surface area contributed by atoms with Gasteiger partial charge in [0.15, 0.2) is 18.2 Å². The molecule has 3 rings (SSSR count). The number of aromatic hydroxyl groups is 1. The number of nitrogens with zero attached hydrogens (tertiary/aromatic N) is 1. The lowest BCUT2D eigenvalue weighted by Crippen LogP contribution is -2.28. The second-order valence-electron chi connectivity index (χ2n) is 6.54. The van der Waals surface area contributed by atoms with Crippen LogP contribution in [0.2, 0.25) is 0 Å². The van der Waals surface area contributed by atoms with Gasteiger partial charge in [0.2, 0.25) is 10.0 Å². The molecule has 1 amide bonds. The summed E-state index contributed by atoms with van der Waals surface area (Å²) in [5, 5.41) is 12.1. The van der Waals surface area contributed by atoms with Gasteiger partial charge in [-0.3, -0.25) is 4.79 Å². The maximum Gasteiger partial charge on any atom is 0.342 e. The number of hydrogen-bond donors (Lipinski definition) is 2. The number of sulfonamides is 1. The van der Waals surface area contributed by atoms with E-state index in [4.69, 9.17) is 4.74 Å². The topological polar surface area (TPSA) is 113 Å². The summed E-state index contributed by atoms with van der Waals surface area (Å²) in [6.07, 6.45) is 1.47. The van der Waals surface area contributed by atoms with Crippen LogP contribution in [0.5, 0.6) is 5.75 Å². The number of rotatable bonds is 6. The summed E-state index contributed by atoms with van der Waals surface area (Å²) >= 11 is 0. The predicted octanol–water partition coefficient (Wildman–Crippen LogP) is 2.25. The van der Waals surface area contributed by atoms with Crippen molar-refractivity contribution in [2.24, 2.45) is 0 Å². The zero-order valence-corrected chi connectivity index (χ0v) is 16.4. The average molecular weight is 440 g/mol. The van der Waals surface area contributed by atoms with Crippen LogP contribution in [0.15, 0.2) is 41.3 Å². The first-order valence-electron chi connectivity index (χ1n) is 8.93. The Morgan fingerprint density at radius 1 is 1.07 bits per heavy atom. The lowest BCUT2D eigenvalue weighted by Gasteiger charge is -2.16. The molecule has 2 aromatic carbocycles. The van der Waals surface area contributed by atoms with Crippen molar-refractivity contribution in [3.8, 4) is 5.75 Å². The minimum atomic E-state index is -3.82. The van der Waals surface area contributed by atoms with Gasteiger partial charge in [0, 0.05) is 24.8 Å². The second-order valence-corrected chi connectivity index (χ2v) is 8.48. The van der Waals surface area contributed by atoms with Crippen molar-refractivity contribution in [2.75, 3.05) is 25.0 Å². The maximum atomic E-state index is 13.2. The molecule has 0 radical (unpaired) electrons. The largest absolute Gasteiger partial charge is 0.507 e. The van der Waals surface area contributed by atoms with Gasteiger partial charge in [0.25, 0.3) is 5.91 Å². The van der Waals surface area contributed by atoms with Gasteiger partial charge < -0.3 is 15.2 Å². The van der Waals surface area contributed by atoms with Crippen LogP contribution >= 0.6 is 0 Å². The molecular weight excluding hydrogens is 422 g/mol. The molecular formula is C19H18F2N2O6S. The average Bonchev–Trinajstić information content (AvgIpc) is 3.25. The first kappa shape index (κ1) is 21.7. The minimum Gasteiger partial charge on any atom is -0.507 e. The summed E-state index contributed by atoms with van der Waals surface area (Å²) in [6, 6.07) is 5.92. The molecule has 0 spiro atoms. The highest BCUT2D eigenvalue weighted by Crippen LogP contribution is 2.26. The number of hydrogen-bond acceptors (Lipinski definition) is 6. The highest BCUT2D eigenvalue weighted by atomic mass is 32.2. The van der Waals surface area contributed by atoms with Crippen LogP contribution in [0, 0.1) is 11.6 Å². The number of carbonyl (C=O) groups excluding carboxylic acids is 2. The Hall–Kier alpha value is -3.05. The Labute approximate surface area is 171 Å². The van der Waals surface area contributed by atoms with E-state index in [1.165, 1.54) is 10.4 Å². The summed E-state index contributed by atoms with van der Waals surface area (Å²) in [5.74, 6) is -4.72. The zero-order valence-electron chi connectivity index (χ0n) is 15.6. The van der Waals surface area contributed by atoms with E-state index in [0.29, 0.717) is 13.1 Å². The first-order chi connectivity index (χ1) is 14.2. The highest BCUT2D eigenvalue weighted by Gasteiger charge is 2.28. The van der Waals surface area contributed by atoms with Gasteiger partial charge in [0.05, 0.1) is 4.90 Å². The molecule has 1 aliphatic rings. The van der Waals surface area contributed by atoms with Crippen molar-refractivity contribution in [3.63, 3.8) is 0 Å². The lowest BCUT2D eigenvalue weighted by molar-refractivity contribution is -0.119. The van der Waals surface area contributed by atoms with Crippen LogP contribution in [0.25, 0.3) is 0 Å². The third-order valence-electron chi connectivity index (χ3n) is 4.43. The number of phenols is 1. The molecule has 1 saturated heterocycles. The van der Waals surface area contributed by atoms with Gasteiger partial charge >= 0.3 is 5.97 Å². The Morgan fingerprint density at radius 2 is 1.77 bits per heavy atom. The molecule has 11 heteroatoms. The summed E-state index contributed by atoms with van der Waals surface area (Å²) in [4.78, 5) is 23.9. The Bertz CT molecular complexity index is 1080. The van der Waals surface area contributed by atoms with Gasteiger partial charge in [-0.05, 0) is 43.2 Å². The van der Waals surface area contributed by atoms with Gasteiger partial charge in [-0.2, -0.15) is 4.31 Å². The summed E-state index contributed by atoms with van der Waals surface area (Å²) < 4.78 is 57.4. The SMILES string of the molecule is O=C(COC(=O)c1cc(S(=O)(=O)N2CCCC2)ccc1O)Nc1ccc(F)c(F)c1. The van der Waals surface area contributed by atoms with E-state index in [0.717, 1.165) is 43.2 Å². The Kier molecular flexibility index (Phi) is 6.32. The van der Waals surface area contributed by atoms with E-state index in [2.05, 4.69) is 5.32 Å². The van der Waals surface area contributed by atoms with Crippen LogP contribution in [-0.4, -0.2) is 49.4 Å². The van der Waals surface area contributed by atoms with Crippen LogP contribution in [0.3, 0.4) is 0 Å². The molecule has 30 heavy (non-hydrogen) atoms. The molecule has 8 nitrogen and oxygen atoms in total. The first-order valence-corrected chi connectivity index (χ1v) is 10.4. The maximum absolute atomic E-state index is 13.2. The van der Waals surface area contributed by atoms with Crippen molar-refractivity contribution >= 4 is 27.6 Å². The Morgan fingerprint density at radius 3 is 2.43 bits per heavy atom. The molecule has 0 atom stereocenters. The third-order valence-corrected chi connectivity index (χ3v) is 6.32. The fraction of sp³-hybridized carbons (Fsp3) is 0.263. The van der Waals surface area contributed by atoms with Gasteiger partial charge in [-0.15, -0.1) is 0 Å². The standard InChI is InChI=1S/C19H18F2N2O6S/c20-15-5-3-12(9-16(15)21)22-18(25)11-29-19(26)14-10-13(4-6-17(14)24)30(27,28)23-7-1-2-8-23/h3-6,9-10,24H,1-2,7-8,11H2,(H,22,25). The second kappa shape index (κ2) is 8.76. The quantitative estimate of drug-likeness (QED) is 0.667. The van der Waals surface area contributed by atoms with E-state index in [9.17, 15) is 31.9 Å². The molecule has 0 aliphatic carbocycles. The summed E-state index contributed by atoms with van der Waals surface area (Å²) in [7, 11) is -3.82. The monoisotopic (exact) mass is 440 g/mol. The van der Waals surface area contributed by atoms with Crippen LogP contribution < -0.4 is 5.32 Å². The van der Waals surface area contributed by atoms with E-state index < -0.39 is 51.5 Å².